The highest BCUT2D eigenvalue weighted by atomic mass is 16.4. The van der Waals surface area contributed by atoms with E-state index in [9.17, 15) is 9.59 Å². The molecule has 0 saturated carbocycles. The van der Waals surface area contributed by atoms with Crippen LogP contribution in [0.25, 0.3) is 0 Å². The molecule has 2 aliphatic heterocycles. The van der Waals surface area contributed by atoms with E-state index in [1.54, 1.807) is 0 Å². The van der Waals surface area contributed by atoms with Gasteiger partial charge in [0, 0.05) is 24.6 Å². The number of carbonyl (C=O) groups is 2. The molecule has 1 aromatic heterocycles. The van der Waals surface area contributed by atoms with Crippen molar-refractivity contribution in [2.75, 3.05) is 6.54 Å². The quantitative estimate of drug-likeness (QED) is 0.611. The predicted molar refractivity (Wildman–Crippen MR) is 61.2 cm³/mol. The first-order valence-corrected chi connectivity index (χ1v) is 5.92. The van der Waals surface area contributed by atoms with Crippen LogP contribution in [0, 0.1) is 0 Å². The number of carbonyl (C=O) groups excluding carboxylic acids is 1. The standard InChI is InChI=1S/C11H14N4O3/c1-5-2-7-6(3-12-5)9-10(16)13-4-8(11(17)18)15(9)14-7/h5,8,12H,2-4H2,1H3,(H,13,16)(H,17,18). The van der Waals surface area contributed by atoms with Crippen molar-refractivity contribution < 1.29 is 14.7 Å². The minimum absolute atomic E-state index is 0.0880. The van der Waals surface area contributed by atoms with Crippen molar-refractivity contribution in [2.24, 2.45) is 0 Å². The molecule has 7 nitrogen and oxygen atoms in total. The third kappa shape index (κ3) is 1.51. The molecule has 0 bridgehead atoms. The number of aliphatic carboxylic acids is 1. The van der Waals surface area contributed by atoms with E-state index in [2.05, 4.69) is 15.7 Å². The molecule has 0 saturated heterocycles. The summed E-state index contributed by atoms with van der Waals surface area (Å²) in [6, 6.07) is -0.514. The third-order valence-electron chi connectivity index (χ3n) is 3.47. The molecule has 0 fully saturated rings. The lowest BCUT2D eigenvalue weighted by atomic mass is 10.0. The van der Waals surface area contributed by atoms with Gasteiger partial charge in [0.1, 0.15) is 5.69 Å². The Hall–Kier alpha value is -1.89. The maximum absolute atomic E-state index is 11.9. The van der Waals surface area contributed by atoms with E-state index in [1.807, 2.05) is 6.92 Å². The zero-order chi connectivity index (χ0) is 12.9. The van der Waals surface area contributed by atoms with E-state index in [1.165, 1.54) is 4.68 Å². The summed E-state index contributed by atoms with van der Waals surface area (Å²) in [5.74, 6) is -1.21. The molecule has 3 rings (SSSR count). The molecular formula is C11H14N4O3. The van der Waals surface area contributed by atoms with Crippen LogP contribution in [-0.4, -0.2) is 39.4 Å². The minimum Gasteiger partial charge on any atom is -0.480 e. The van der Waals surface area contributed by atoms with Crippen molar-refractivity contribution in [3.8, 4) is 0 Å². The van der Waals surface area contributed by atoms with Crippen LogP contribution in [0.1, 0.15) is 34.7 Å². The lowest BCUT2D eigenvalue weighted by molar-refractivity contribution is -0.141. The van der Waals surface area contributed by atoms with E-state index in [0.717, 1.165) is 17.7 Å². The van der Waals surface area contributed by atoms with E-state index in [-0.39, 0.29) is 12.5 Å². The smallest absolute Gasteiger partial charge is 0.330 e. The highest BCUT2D eigenvalue weighted by molar-refractivity contribution is 5.96. The summed E-state index contributed by atoms with van der Waals surface area (Å²) < 4.78 is 1.37. The largest absolute Gasteiger partial charge is 0.480 e. The fourth-order valence-electron chi connectivity index (χ4n) is 2.52. The van der Waals surface area contributed by atoms with Gasteiger partial charge in [0.2, 0.25) is 0 Å². The molecule has 3 heterocycles. The van der Waals surface area contributed by atoms with Crippen LogP contribution in [0.15, 0.2) is 0 Å². The number of carboxylic acids is 1. The number of amides is 1. The number of hydrogen-bond donors (Lipinski definition) is 3. The molecule has 2 atom stereocenters. The van der Waals surface area contributed by atoms with Crippen molar-refractivity contribution in [1.29, 1.82) is 0 Å². The Morgan fingerprint density at radius 1 is 1.56 bits per heavy atom. The normalized spacial score (nSPS) is 26.2. The maximum atomic E-state index is 11.9. The summed E-state index contributed by atoms with van der Waals surface area (Å²) in [5.41, 5.74) is 2.05. The lowest BCUT2D eigenvalue weighted by Gasteiger charge is -2.23. The Labute approximate surface area is 103 Å². The Bertz CT molecular complexity index is 537. The van der Waals surface area contributed by atoms with Gasteiger partial charge in [-0.15, -0.1) is 0 Å². The zero-order valence-corrected chi connectivity index (χ0v) is 9.93. The van der Waals surface area contributed by atoms with Crippen molar-refractivity contribution in [3.05, 3.63) is 17.0 Å². The molecule has 0 spiro atoms. The van der Waals surface area contributed by atoms with Crippen LogP contribution in [0.3, 0.4) is 0 Å². The van der Waals surface area contributed by atoms with E-state index < -0.39 is 12.0 Å². The van der Waals surface area contributed by atoms with Crippen LogP contribution in [0.2, 0.25) is 0 Å². The summed E-state index contributed by atoms with van der Waals surface area (Å²) in [4.78, 5) is 23.0. The molecule has 1 aromatic rings. The first-order chi connectivity index (χ1) is 8.58. The average Bonchev–Trinajstić information content (AvgIpc) is 2.67. The van der Waals surface area contributed by atoms with Gasteiger partial charge in [-0.2, -0.15) is 5.10 Å². The fourth-order valence-corrected chi connectivity index (χ4v) is 2.52. The third-order valence-corrected chi connectivity index (χ3v) is 3.47. The Morgan fingerprint density at radius 2 is 2.33 bits per heavy atom. The van der Waals surface area contributed by atoms with Crippen molar-refractivity contribution >= 4 is 11.9 Å². The number of carboxylic acid groups (broad SMARTS) is 1. The summed E-state index contributed by atoms with van der Waals surface area (Å²) in [7, 11) is 0. The summed E-state index contributed by atoms with van der Waals surface area (Å²) in [6.45, 7) is 2.69. The topological polar surface area (TPSA) is 96.3 Å². The number of nitrogens with one attached hydrogen (secondary N) is 2. The van der Waals surface area contributed by atoms with Gasteiger partial charge in [0.25, 0.3) is 5.91 Å². The average molecular weight is 250 g/mol. The van der Waals surface area contributed by atoms with Gasteiger partial charge < -0.3 is 15.7 Å². The predicted octanol–water partition coefficient (Wildman–Crippen LogP) is -0.714. The van der Waals surface area contributed by atoms with Gasteiger partial charge in [-0.25, -0.2) is 9.48 Å². The molecule has 1 amide bonds. The SMILES string of the molecule is CC1Cc2nn3c(c2CN1)C(=O)NCC3C(=O)O. The molecule has 7 heteroatoms. The molecule has 18 heavy (non-hydrogen) atoms. The second-order valence-corrected chi connectivity index (χ2v) is 4.77. The van der Waals surface area contributed by atoms with Crippen LogP contribution in [0.5, 0.6) is 0 Å². The van der Waals surface area contributed by atoms with Crippen molar-refractivity contribution in [1.82, 2.24) is 20.4 Å². The molecule has 0 radical (unpaired) electrons. The van der Waals surface area contributed by atoms with Crippen molar-refractivity contribution in [2.45, 2.75) is 32.0 Å². The molecular weight excluding hydrogens is 236 g/mol. The van der Waals surface area contributed by atoms with Crippen LogP contribution < -0.4 is 10.6 Å². The molecule has 2 aliphatic rings. The van der Waals surface area contributed by atoms with Gasteiger partial charge in [-0.05, 0) is 6.92 Å². The second-order valence-electron chi connectivity index (χ2n) is 4.77. The lowest BCUT2D eigenvalue weighted by Crippen LogP contribution is -2.43. The van der Waals surface area contributed by atoms with Gasteiger partial charge >= 0.3 is 5.97 Å². The Kier molecular flexibility index (Phi) is 2.37. The van der Waals surface area contributed by atoms with E-state index in [4.69, 9.17) is 5.11 Å². The molecule has 3 N–H and O–H groups in total. The Morgan fingerprint density at radius 3 is 3.06 bits per heavy atom. The van der Waals surface area contributed by atoms with Crippen LogP contribution >= 0.6 is 0 Å². The molecule has 0 aromatic carbocycles. The van der Waals surface area contributed by atoms with Crippen LogP contribution in [-0.2, 0) is 17.8 Å². The highest BCUT2D eigenvalue weighted by Crippen LogP contribution is 2.25. The highest BCUT2D eigenvalue weighted by Gasteiger charge is 2.36. The van der Waals surface area contributed by atoms with Gasteiger partial charge in [-0.1, -0.05) is 0 Å². The van der Waals surface area contributed by atoms with Crippen LogP contribution in [0.4, 0.5) is 0 Å². The van der Waals surface area contributed by atoms with Gasteiger partial charge in [0.05, 0.1) is 12.2 Å². The van der Waals surface area contributed by atoms with E-state index >= 15 is 0 Å². The van der Waals surface area contributed by atoms with Gasteiger partial charge in [-0.3, -0.25) is 4.79 Å². The maximum Gasteiger partial charge on any atom is 0.330 e. The number of rotatable bonds is 1. The second kappa shape index (κ2) is 3.81. The molecule has 2 unspecified atom stereocenters. The first-order valence-electron chi connectivity index (χ1n) is 5.92. The van der Waals surface area contributed by atoms with E-state index in [0.29, 0.717) is 18.3 Å². The number of fused-ring (bicyclic) bond motifs is 3. The number of aromatic nitrogens is 2. The van der Waals surface area contributed by atoms with Gasteiger partial charge in [0.15, 0.2) is 6.04 Å². The zero-order valence-electron chi connectivity index (χ0n) is 9.93. The monoisotopic (exact) mass is 250 g/mol. The molecule has 0 aliphatic carbocycles. The number of hydrogen-bond acceptors (Lipinski definition) is 4. The first kappa shape index (κ1) is 11.2. The summed E-state index contributed by atoms with van der Waals surface area (Å²) in [6.07, 6.45) is 0.717. The van der Waals surface area contributed by atoms with Crippen molar-refractivity contribution in [3.63, 3.8) is 0 Å². The number of nitrogens with zero attached hydrogens (tertiary/aromatic N) is 2. The summed E-state index contributed by atoms with van der Waals surface area (Å²) in [5, 5.41) is 19.4. The molecule has 96 valence electrons. The minimum atomic E-state index is -0.975. The summed E-state index contributed by atoms with van der Waals surface area (Å²) >= 11 is 0. The fraction of sp³-hybridized carbons (Fsp3) is 0.545. The Balaban J connectivity index is 2.12.